The van der Waals surface area contributed by atoms with E-state index in [0.29, 0.717) is 5.56 Å². The molecular weight excluding hydrogens is 311 g/mol. The number of carbonyl (C=O) groups excluding carboxylic acids is 1. The number of nitrogens with two attached hydrogens (primary N) is 1. The molecule has 23 heavy (non-hydrogen) atoms. The highest BCUT2D eigenvalue weighted by Crippen LogP contribution is 2.29. The first-order valence-corrected chi connectivity index (χ1v) is 6.28. The van der Waals surface area contributed by atoms with Crippen molar-refractivity contribution >= 4 is 11.7 Å². The van der Waals surface area contributed by atoms with Gasteiger partial charge in [0.25, 0.3) is 5.91 Å². The van der Waals surface area contributed by atoms with Crippen LogP contribution in [0.1, 0.15) is 27.3 Å². The van der Waals surface area contributed by atoms with Crippen LogP contribution >= 0.6 is 0 Å². The fraction of sp³-hybridized carbons (Fsp3) is 0.143. The summed E-state index contributed by atoms with van der Waals surface area (Å²) in [4.78, 5) is 18.8. The molecule has 0 aliphatic rings. The van der Waals surface area contributed by atoms with Gasteiger partial charge in [0.05, 0.1) is 11.8 Å². The standard InChI is InChI=1S/C14H10F3N5O/c15-14(16,17)9-3-1-2-8(4-9)6-21-13-11(12(19)23)20-7-10(5-18)22-13/h1-4,7H,6H2,(H2,19,23)(H,21,22). The number of aromatic nitrogens is 2. The Morgan fingerprint density at radius 2 is 2.13 bits per heavy atom. The predicted octanol–water partition coefficient (Wildman–Crippen LogP) is 2.08. The zero-order valence-corrected chi connectivity index (χ0v) is 11.6. The fourth-order valence-corrected chi connectivity index (χ4v) is 1.79. The van der Waals surface area contributed by atoms with Crippen LogP contribution in [0.25, 0.3) is 0 Å². The SMILES string of the molecule is N#Cc1cnc(C(N)=O)c(NCc2cccc(C(F)(F)F)c2)n1. The third-order valence-electron chi connectivity index (χ3n) is 2.83. The zero-order chi connectivity index (χ0) is 17.0. The minimum absolute atomic E-state index is 0.0479. The van der Waals surface area contributed by atoms with Crippen molar-refractivity contribution in [2.24, 2.45) is 5.73 Å². The van der Waals surface area contributed by atoms with Crippen molar-refractivity contribution < 1.29 is 18.0 Å². The summed E-state index contributed by atoms with van der Waals surface area (Å²) in [7, 11) is 0. The van der Waals surface area contributed by atoms with E-state index in [-0.39, 0.29) is 23.8 Å². The molecule has 0 aliphatic heterocycles. The van der Waals surface area contributed by atoms with E-state index >= 15 is 0 Å². The van der Waals surface area contributed by atoms with Crippen molar-refractivity contribution in [3.05, 3.63) is 53.0 Å². The first-order valence-electron chi connectivity index (χ1n) is 6.28. The molecule has 1 aromatic heterocycles. The number of hydrogen-bond acceptors (Lipinski definition) is 5. The third kappa shape index (κ3) is 3.94. The Morgan fingerprint density at radius 1 is 1.39 bits per heavy atom. The molecule has 9 heteroatoms. The molecule has 0 spiro atoms. The topological polar surface area (TPSA) is 105 Å². The average Bonchev–Trinajstić information content (AvgIpc) is 2.52. The summed E-state index contributed by atoms with van der Waals surface area (Å²) in [5.74, 6) is -0.928. The van der Waals surface area contributed by atoms with Crippen molar-refractivity contribution in [3.8, 4) is 6.07 Å². The first kappa shape index (κ1) is 16.2. The molecular formula is C14H10F3N5O. The first-order chi connectivity index (χ1) is 10.8. The normalized spacial score (nSPS) is 10.9. The van der Waals surface area contributed by atoms with E-state index in [1.54, 1.807) is 6.07 Å². The van der Waals surface area contributed by atoms with Gasteiger partial charge in [-0.25, -0.2) is 9.97 Å². The van der Waals surface area contributed by atoms with Gasteiger partial charge in [0.1, 0.15) is 6.07 Å². The molecule has 0 unspecified atom stereocenters. The molecule has 0 radical (unpaired) electrons. The third-order valence-corrected chi connectivity index (χ3v) is 2.83. The van der Waals surface area contributed by atoms with Gasteiger partial charge in [-0.15, -0.1) is 0 Å². The summed E-state index contributed by atoms with van der Waals surface area (Å²) in [6.07, 6.45) is -3.37. The number of alkyl halides is 3. The highest BCUT2D eigenvalue weighted by Gasteiger charge is 2.30. The summed E-state index contributed by atoms with van der Waals surface area (Å²) >= 11 is 0. The maximum absolute atomic E-state index is 12.7. The van der Waals surface area contributed by atoms with E-state index in [9.17, 15) is 18.0 Å². The highest BCUT2D eigenvalue weighted by atomic mass is 19.4. The molecule has 6 nitrogen and oxygen atoms in total. The summed E-state index contributed by atoms with van der Waals surface area (Å²) < 4.78 is 38.0. The van der Waals surface area contributed by atoms with Crippen LogP contribution in [0.5, 0.6) is 0 Å². The predicted molar refractivity (Wildman–Crippen MR) is 74.0 cm³/mol. The van der Waals surface area contributed by atoms with Crippen LogP contribution in [0.15, 0.2) is 30.5 Å². The van der Waals surface area contributed by atoms with Crippen LogP contribution in [0, 0.1) is 11.3 Å². The second-order valence-corrected chi connectivity index (χ2v) is 4.48. The van der Waals surface area contributed by atoms with Gasteiger partial charge < -0.3 is 11.1 Å². The molecule has 2 aromatic rings. The molecule has 0 bridgehead atoms. The highest BCUT2D eigenvalue weighted by molar-refractivity contribution is 5.95. The Morgan fingerprint density at radius 3 is 2.74 bits per heavy atom. The Hall–Kier alpha value is -3.15. The van der Waals surface area contributed by atoms with Crippen LogP contribution in [-0.4, -0.2) is 15.9 Å². The van der Waals surface area contributed by atoms with E-state index in [1.165, 1.54) is 12.1 Å². The minimum atomic E-state index is -4.45. The molecule has 1 aromatic carbocycles. The second kappa shape index (κ2) is 6.31. The van der Waals surface area contributed by atoms with Gasteiger partial charge in [-0.3, -0.25) is 4.79 Å². The number of primary amides is 1. The van der Waals surface area contributed by atoms with Crippen molar-refractivity contribution in [3.63, 3.8) is 0 Å². The van der Waals surface area contributed by atoms with Gasteiger partial charge in [0.2, 0.25) is 0 Å². The molecule has 1 amide bonds. The lowest BCUT2D eigenvalue weighted by molar-refractivity contribution is -0.137. The number of rotatable bonds is 4. The molecule has 3 N–H and O–H groups in total. The largest absolute Gasteiger partial charge is 0.416 e. The summed E-state index contributed by atoms with van der Waals surface area (Å²) in [5.41, 5.74) is 4.42. The van der Waals surface area contributed by atoms with Gasteiger partial charge in [-0.05, 0) is 17.7 Å². The van der Waals surface area contributed by atoms with E-state index in [2.05, 4.69) is 15.3 Å². The smallest absolute Gasteiger partial charge is 0.364 e. The fourth-order valence-electron chi connectivity index (χ4n) is 1.79. The number of nitrogens with zero attached hydrogens (tertiary/aromatic N) is 3. The number of nitrogens with one attached hydrogen (secondary N) is 1. The van der Waals surface area contributed by atoms with Gasteiger partial charge in [0, 0.05) is 6.54 Å². The van der Waals surface area contributed by atoms with Gasteiger partial charge in [0.15, 0.2) is 17.2 Å². The molecule has 0 atom stereocenters. The molecule has 0 aliphatic carbocycles. The average molecular weight is 321 g/mol. The summed E-state index contributed by atoms with van der Waals surface area (Å²) in [6.45, 7) is -0.0479. The Kier molecular flexibility index (Phi) is 4.45. The Bertz CT molecular complexity index is 783. The monoisotopic (exact) mass is 321 g/mol. The van der Waals surface area contributed by atoms with E-state index < -0.39 is 17.6 Å². The zero-order valence-electron chi connectivity index (χ0n) is 11.6. The Balaban J connectivity index is 2.24. The number of hydrogen-bond donors (Lipinski definition) is 2. The maximum atomic E-state index is 12.7. The summed E-state index contributed by atoms with van der Waals surface area (Å²) in [6, 6.07) is 6.42. The number of amides is 1. The van der Waals surface area contributed by atoms with Gasteiger partial charge in [-0.1, -0.05) is 12.1 Å². The number of carbonyl (C=O) groups is 1. The van der Waals surface area contributed by atoms with Crippen molar-refractivity contribution in [1.82, 2.24) is 9.97 Å². The van der Waals surface area contributed by atoms with E-state index in [1.807, 2.05) is 0 Å². The maximum Gasteiger partial charge on any atom is 0.416 e. The molecule has 0 saturated carbocycles. The van der Waals surface area contributed by atoms with Crippen LogP contribution in [0.2, 0.25) is 0 Å². The van der Waals surface area contributed by atoms with Crippen molar-refractivity contribution in [1.29, 1.82) is 5.26 Å². The molecule has 0 saturated heterocycles. The quantitative estimate of drug-likeness (QED) is 0.897. The lowest BCUT2D eigenvalue weighted by Crippen LogP contribution is -2.18. The lowest BCUT2D eigenvalue weighted by Gasteiger charge is -2.11. The van der Waals surface area contributed by atoms with Crippen LogP contribution in [0.4, 0.5) is 19.0 Å². The van der Waals surface area contributed by atoms with Crippen LogP contribution < -0.4 is 11.1 Å². The molecule has 118 valence electrons. The minimum Gasteiger partial charge on any atom is -0.364 e. The number of benzene rings is 1. The lowest BCUT2D eigenvalue weighted by atomic mass is 10.1. The van der Waals surface area contributed by atoms with E-state index in [4.69, 9.17) is 11.0 Å². The number of halogens is 3. The van der Waals surface area contributed by atoms with Gasteiger partial charge in [-0.2, -0.15) is 18.4 Å². The second-order valence-electron chi connectivity index (χ2n) is 4.48. The molecule has 1 heterocycles. The number of nitriles is 1. The van der Waals surface area contributed by atoms with Crippen LogP contribution in [0.3, 0.4) is 0 Å². The van der Waals surface area contributed by atoms with E-state index in [0.717, 1.165) is 18.3 Å². The Labute approximate surface area is 128 Å². The van der Waals surface area contributed by atoms with Crippen molar-refractivity contribution in [2.75, 3.05) is 5.32 Å². The number of anilines is 1. The van der Waals surface area contributed by atoms with Gasteiger partial charge >= 0.3 is 6.18 Å². The van der Waals surface area contributed by atoms with Crippen molar-refractivity contribution in [2.45, 2.75) is 12.7 Å². The summed E-state index contributed by atoms with van der Waals surface area (Å²) in [5, 5.41) is 11.5. The molecule has 0 fully saturated rings. The molecule has 2 rings (SSSR count). The van der Waals surface area contributed by atoms with Crippen LogP contribution in [-0.2, 0) is 12.7 Å².